The molecule has 1 rings (SSSR count). The van der Waals surface area contributed by atoms with E-state index in [1.165, 1.54) is 0 Å². The van der Waals surface area contributed by atoms with Crippen molar-refractivity contribution < 1.29 is 0 Å². The number of rotatable bonds is 1. The summed E-state index contributed by atoms with van der Waals surface area (Å²) in [5, 5.41) is 0. The van der Waals surface area contributed by atoms with Crippen LogP contribution < -0.4 is 0 Å². The third-order valence-electron chi connectivity index (χ3n) is 1.93. The normalized spacial score (nSPS) is 13.4. The Labute approximate surface area is 108 Å². The van der Waals surface area contributed by atoms with Gasteiger partial charge in [0.15, 0.2) is 0 Å². The Morgan fingerprint density at radius 1 is 1.29 bits per heavy atom. The molecule has 1 heterocycles. The average Bonchev–Trinajstić information content (AvgIpc) is 2.27. The van der Waals surface area contributed by atoms with Crippen LogP contribution in [0.3, 0.4) is 0 Å². The molecule has 0 bridgehead atoms. The molecule has 0 fully saturated rings. The van der Waals surface area contributed by atoms with E-state index in [0.29, 0.717) is 0 Å². The first-order valence-corrected chi connectivity index (χ1v) is 6.44. The Morgan fingerprint density at radius 2 is 1.79 bits per heavy atom. The lowest BCUT2D eigenvalue weighted by Gasteiger charge is -2.27. The third kappa shape index (κ3) is 2.72. The fourth-order valence-electron chi connectivity index (χ4n) is 1.28. The zero-order chi connectivity index (χ0) is 11.1. The molecule has 0 aromatic carbocycles. The third-order valence-corrected chi connectivity index (χ3v) is 2.80. The largest absolute Gasteiger partial charge is 0.327 e. The smallest absolute Gasteiger partial charge is 0.126 e. The Balaban J connectivity index is 3.31. The van der Waals surface area contributed by atoms with Gasteiger partial charge < -0.3 is 4.57 Å². The lowest BCUT2D eigenvalue weighted by molar-refractivity contribution is 0.374. The summed E-state index contributed by atoms with van der Waals surface area (Å²) in [5.41, 5.74) is 0.0802. The van der Waals surface area contributed by atoms with Crippen LogP contribution in [-0.4, -0.2) is 9.55 Å². The molecule has 0 atom stereocenters. The maximum absolute atomic E-state index is 4.52. The zero-order valence-corrected chi connectivity index (χ0v) is 13.0. The van der Waals surface area contributed by atoms with E-state index in [-0.39, 0.29) is 8.96 Å². The van der Waals surface area contributed by atoms with E-state index in [9.17, 15) is 0 Å². The van der Waals surface area contributed by atoms with Crippen molar-refractivity contribution in [2.75, 3.05) is 0 Å². The molecule has 1 aromatic rings. The highest BCUT2D eigenvalue weighted by atomic mass is 127. The molecule has 0 aliphatic heterocycles. The second-order valence-corrected chi connectivity index (χ2v) is 8.41. The molecular weight excluding hydrogens is 355 g/mol. The van der Waals surface area contributed by atoms with Crippen molar-refractivity contribution in [2.45, 2.75) is 43.6 Å². The Hall–Kier alpha value is 0.420. The van der Waals surface area contributed by atoms with E-state index in [1.54, 1.807) is 0 Å². The van der Waals surface area contributed by atoms with Gasteiger partial charge in [0.25, 0.3) is 0 Å². The monoisotopic (exact) mass is 370 g/mol. The minimum Gasteiger partial charge on any atom is -0.327 e. The first kappa shape index (κ1) is 12.5. The molecule has 14 heavy (non-hydrogen) atoms. The first-order valence-electron chi connectivity index (χ1n) is 4.57. The van der Waals surface area contributed by atoms with Crippen LogP contribution in [0.15, 0.2) is 10.8 Å². The number of hydrogen-bond acceptors (Lipinski definition) is 1. The van der Waals surface area contributed by atoms with Crippen molar-refractivity contribution in [3.05, 3.63) is 16.6 Å². The topological polar surface area (TPSA) is 17.8 Å². The summed E-state index contributed by atoms with van der Waals surface area (Å²) in [5.74, 6) is 1.11. The van der Waals surface area contributed by atoms with Crippen LogP contribution in [-0.2, 0) is 8.96 Å². The molecule has 0 saturated heterocycles. The van der Waals surface area contributed by atoms with Crippen molar-refractivity contribution in [3.8, 4) is 0 Å². The van der Waals surface area contributed by atoms with Gasteiger partial charge in [0.2, 0.25) is 0 Å². The van der Waals surface area contributed by atoms with Gasteiger partial charge in [0.05, 0.1) is 3.42 Å². The predicted molar refractivity (Wildman–Crippen MR) is 72.0 cm³/mol. The molecular formula is C10H16BrIN2. The molecule has 0 aliphatic carbocycles. The van der Waals surface area contributed by atoms with E-state index < -0.39 is 0 Å². The number of aromatic nitrogens is 2. The molecule has 0 spiro atoms. The van der Waals surface area contributed by atoms with E-state index in [1.807, 2.05) is 0 Å². The van der Waals surface area contributed by atoms with Crippen molar-refractivity contribution in [1.82, 2.24) is 9.55 Å². The number of hydrogen-bond donors (Lipinski definition) is 0. The molecule has 0 radical (unpaired) electrons. The van der Waals surface area contributed by atoms with Gasteiger partial charge in [0.1, 0.15) is 10.4 Å². The molecule has 0 aliphatic rings. The van der Waals surface area contributed by atoms with Crippen LogP contribution in [0.2, 0.25) is 0 Å². The molecule has 0 amide bonds. The van der Waals surface area contributed by atoms with Gasteiger partial charge in [-0.1, -0.05) is 22.6 Å². The molecule has 80 valence electrons. The summed E-state index contributed by atoms with van der Waals surface area (Å²) in [6.45, 7) is 10.9. The Bertz CT molecular complexity index is 299. The van der Waals surface area contributed by atoms with Gasteiger partial charge in [-0.25, -0.2) is 4.98 Å². The summed E-state index contributed by atoms with van der Waals surface area (Å²) in [4.78, 5) is 4.52. The molecule has 0 saturated carbocycles. The highest BCUT2D eigenvalue weighted by Crippen LogP contribution is 2.33. The van der Waals surface area contributed by atoms with Crippen LogP contribution in [0.1, 0.15) is 40.4 Å². The fraction of sp³-hybridized carbons (Fsp3) is 0.700. The summed E-state index contributed by atoms with van der Waals surface area (Å²) in [6, 6.07) is 0. The average molecular weight is 371 g/mol. The first-order chi connectivity index (χ1) is 6.12. The fourth-order valence-corrected chi connectivity index (χ4v) is 2.04. The van der Waals surface area contributed by atoms with Gasteiger partial charge in [-0.15, -0.1) is 0 Å². The molecule has 4 heteroatoms. The second-order valence-electron chi connectivity index (χ2n) is 4.90. The highest BCUT2D eigenvalue weighted by molar-refractivity contribution is 14.1. The highest BCUT2D eigenvalue weighted by Gasteiger charge is 2.27. The minimum absolute atomic E-state index is 0.0526. The van der Waals surface area contributed by atoms with Gasteiger partial charge in [-0.2, -0.15) is 0 Å². The van der Waals surface area contributed by atoms with Gasteiger partial charge in [-0.3, -0.25) is 0 Å². The molecule has 2 nitrogen and oxygen atoms in total. The van der Waals surface area contributed by atoms with Crippen LogP contribution in [0, 0.1) is 0 Å². The number of nitrogens with zero attached hydrogens (tertiary/aromatic N) is 2. The summed E-state index contributed by atoms with van der Waals surface area (Å²) < 4.78 is 3.19. The minimum atomic E-state index is 0.0526. The predicted octanol–water partition coefficient (Wildman–Crippen LogP) is 4.07. The quantitative estimate of drug-likeness (QED) is 0.538. The van der Waals surface area contributed by atoms with E-state index >= 15 is 0 Å². The maximum Gasteiger partial charge on any atom is 0.126 e. The molecule has 1 aromatic heterocycles. The second kappa shape index (κ2) is 3.77. The molecule has 0 unspecified atom stereocenters. The van der Waals surface area contributed by atoms with Gasteiger partial charge in [0, 0.05) is 11.7 Å². The number of halogens is 2. The maximum atomic E-state index is 4.52. The van der Waals surface area contributed by atoms with Crippen molar-refractivity contribution >= 4 is 38.5 Å². The lowest BCUT2D eigenvalue weighted by Crippen LogP contribution is -2.27. The lowest BCUT2D eigenvalue weighted by atomic mass is 10.1. The van der Waals surface area contributed by atoms with Crippen molar-refractivity contribution in [3.63, 3.8) is 0 Å². The van der Waals surface area contributed by atoms with E-state index in [2.05, 4.69) is 88.9 Å². The summed E-state index contributed by atoms with van der Waals surface area (Å²) >= 11 is 5.85. The van der Waals surface area contributed by atoms with Crippen LogP contribution in [0.4, 0.5) is 0 Å². The SMILES string of the molecule is CC(C)(I)c1nc(Br)cn1C(C)(C)C. The van der Waals surface area contributed by atoms with E-state index in [0.717, 1.165) is 10.4 Å². The standard InChI is InChI=1S/C10H16BrIN2/c1-9(2,3)14-6-7(11)13-8(14)10(4,5)12/h6H,1-5H3. The van der Waals surface area contributed by atoms with Crippen molar-refractivity contribution in [1.29, 1.82) is 0 Å². The zero-order valence-electron chi connectivity index (χ0n) is 9.23. The van der Waals surface area contributed by atoms with Crippen LogP contribution in [0.25, 0.3) is 0 Å². The summed E-state index contributed by atoms with van der Waals surface area (Å²) in [7, 11) is 0. The number of alkyl halides is 1. The van der Waals surface area contributed by atoms with Crippen molar-refractivity contribution in [2.24, 2.45) is 0 Å². The summed E-state index contributed by atoms with van der Waals surface area (Å²) in [6.07, 6.45) is 2.05. The van der Waals surface area contributed by atoms with Crippen LogP contribution >= 0.6 is 38.5 Å². The van der Waals surface area contributed by atoms with Gasteiger partial charge in [-0.05, 0) is 50.5 Å². The Morgan fingerprint density at radius 3 is 2.07 bits per heavy atom. The molecule has 0 N–H and O–H groups in total. The van der Waals surface area contributed by atoms with E-state index in [4.69, 9.17) is 0 Å². The number of imidazole rings is 1. The Kier molecular flexibility index (Phi) is 3.37. The van der Waals surface area contributed by atoms with Crippen LogP contribution in [0.5, 0.6) is 0 Å². The van der Waals surface area contributed by atoms with Gasteiger partial charge >= 0.3 is 0 Å².